The van der Waals surface area contributed by atoms with Crippen molar-refractivity contribution < 1.29 is 27.8 Å². The average molecular weight is 408 g/mol. The summed E-state index contributed by atoms with van der Waals surface area (Å²) in [5.74, 6) is -0.606. The molecule has 0 amide bonds. The van der Waals surface area contributed by atoms with Crippen LogP contribution < -0.4 is 10.1 Å². The Labute approximate surface area is 163 Å². The fourth-order valence-electron chi connectivity index (χ4n) is 2.43. The zero-order chi connectivity index (χ0) is 20.3. The van der Waals surface area contributed by atoms with Gasteiger partial charge in [0.2, 0.25) is 0 Å². The first-order chi connectivity index (χ1) is 13.2. The van der Waals surface area contributed by atoms with E-state index in [0.29, 0.717) is 17.1 Å². The number of benzene rings is 3. The van der Waals surface area contributed by atoms with Crippen molar-refractivity contribution in [3.8, 4) is 11.5 Å². The molecule has 0 fully saturated rings. The SMILES string of the molecule is O=C(O)c1ccccc1Nc1ccc(Oc2ccc(C(F)(F)F)cc2Cl)cc1. The van der Waals surface area contributed by atoms with Gasteiger partial charge in [-0.25, -0.2) is 4.79 Å². The molecule has 28 heavy (non-hydrogen) atoms. The van der Waals surface area contributed by atoms with Crippen molar-refractivity contribution in [2.45, 2.75) is 6.18 Å². The first-order valence-corrected chi connectivity index (χ1v) is 8.36. The monoisotopic (exact) mass is 407 g/mol. The quantitative estimate of drug-likeness (QED) is 0.500. The summed E-state index contributed by atoms with van der Waals surface area (Å²) in [6.07, 6.45) is -4.48. The summed E-state index contributed by atoms with van der Waals surface area (Å²) in [6, 6.07) is 15.7. The number of alkyl halides is 3. The normalized spacial score (nSPS) is 11.1. The van der Waals surface area contributed by atoms with Crippen LogP contribution in [0.25, 0.3) is 0 Å². The number of nitrogens with one attached hydrogen (secondary N) is 1. The van der Waals surface area contributed by atoms with Crippen LogP contribution in [0, 0.1) is 0 Å². The lowest BCUT2D eigenvalue weighted by atomic mass is 10.1. The lowest BCUT2D eigenvalue weighted by molar-refractivity contribution is -0.137. The zero-order valence-corrected chi connectivity index (χ0v) is 14.9. The van der Waals surface area contributed by atoms with Gasteiger partial charge in [0.15, 0.2) is 0 Å². The van der Waals surface area contributed by atoms with Crippen molar-refractivity contribution in [1.29, 1.82) is 0 Å². The van der Waals surface area contributed by atoms with Crippen molar-refractivity contribution >= 4 is 28.9 Å². The highest BCUT2D eigenvalue weighted by molar-refractivity contribution is 6.32. The van der Waals surface area contributed by atoms with E-state index in [2.05, 4.69) is 5.32 Å². The van der Waals surface area contributed by atoms with Crippen LogP contribution in [0.1, 0.15) is 15.9 Å². The molecule has 3 aromatic carbocycles. The van der Waals surface area contributed by atoms with E-state index in [-0.39, 0.29) is 16.3 Å². The number of aromatic carboxylic acids is 1. The molecule has 144 valence electrons. The third kappa shape index (κ3) is 4.55. The van der Waals surface area contributed by atoms with Gasteiger partial charge >= 0.3 is 12.1 Å². The Morgan fingerprint density at radius 1 is 1.00 bits per heavy atom. The first-order valence-electron chi connectivity index (χ1n) is 7.98. The molecule has 2 N–H and O–H groups in total. The highest BCUT2D eigenvalue weighted by atomic mass is 35.5. The van der Waals surface area contributed by atoms with E-state index in [9.17, 15) is 23.1 Å². The maximum Gasteiger partial charge on any atom is 0.416 e. The molecular formula is C20H13ClF3NO3. The van der Waals surface area contributed by atoms with E-state index in [0.717, 1.165) is 18.2 Å². The summed E-state index contributed by atoms with van der Waals surface area (Å²) in [4.78, 5) is 11.2. The maximum absolute atomic E-state index is 12.7. The van der Waals surface area contributed by atoms with Crippen LogP contribution in [0.15, 0.2) is 66.7 Å². The van der Waals surface area contributed by atoms with E-state index >= 15 is 0 Å². The highest BCUT2D eigenvalue weighted by Crippen LogP contribution is 2.36. The third-order valence-electron chi connectivity index (χ3n) is 3.78. The van der Waals surface area contributed by atoms with Gasteiger partial charge < -0.3 is 15.2 Å². The Morgan fingerprint density at radius 2 is 1.68 bits per heavy atom. The van der Waals surface area contributed by atoms with E-state index in [1.165, 1.54) is 6.07 Å². The minimum atomic E-state index is -4.48. The number of ether oxygens (including phenoxy) is 1. The van der Waals surface area contributed by atoms with Gasteiger partial charge in [-0.15, -0.1) is 0 Å². The minimum Gasteiger partial charge on any atom is -0.478 e. The van der Waals surface area contributed by atoms with Crippen molar-refractivity contribution in [2.75, 3.05) is 5.32 Å². The summed E-state index contributed by atoms with van der Waals surface area (Å²) < 4.78 is 43.6. The van der Waals surface area contributed by atoms with E-state index in [1.807, 2.05) is 0 Å². The van der Waals surface area contributed by atoms with Crippen LogP contribution in [0.5, 0.6) is 11.5 Å². The number of anilines is 2. The van der Waals surface area contributed by atoms with Crippen LogP contribution in [0.4, 0.5) is 24.5 Å². The number of para-hydroxylation sites is 1. The molecular weight excluding hydrogens is 395 g/mol. The molecule has 0 aliphatic rings. The Balaban J connectivity index is 1.74. The summed E-state index contributed by atoms with van der Waals surface area (Å²) in [5, 5.41) is 12.0. The smallest absolute Gasteiger partial charge is 0.416 e. The number of hydrogen-bond acceptors (Lipinski definition) is 3. The maximum atomic E-state index is 12.7. The van der Waals surface area contributed by atoms with Crippen molar-refractivity contribution in [1.82, 2.24) is 0 Å². The molecule has 0 saturated carbocycles. The number of carboxylic acid groups (broad SMARTS) is 1. The van der Waals surface area contributed by atoms with Crippen LogP contribution in [-0.2, 0) is 6.18 Å². The van der Waals surface area contributed by atoms with Gasteiger partial charge in [0.25, 0.3) is 0 Å². The van der Waals surface area contributed by atoms with E-state index in [1.54, 1.807) is 42.5 Å². The minimum absolute atomic E-state index is 0.0894. The second-order valence-corrected chi connectivity index (χ2v) is 6.15. The van der Waals surface area contributed by atoms with Gasteiger partial charge in [0.05, 0.1) is 21.8 Å². The summed E-state index contributed by atoms with van der Waals surface area (Å²) in [7, 11) is 0. The molecule has 4 nitrogen and oxygen atoms in total. The van der Waals surface area contributed by atoms with Crippen LogP contribution >= 0.6 is 11.6 Å². The molecule has 0 unspecified atom stereocenters. The van der Waals surface area contributed by atoms with Crippen molar-refractivity contribution in [3.05, 3.63) is 82.9 Å². The van der Waals surface area contributed by atoms with Crippen LogP contribution in [0.3, 0.4) is 0 Å². The number of hydrogen-bond donors (Lipinski definition) is 2. The number of rotatable bonds is 5. The zero-order valence-electron chi connectivity index (χ0n) is 14.1. The molecule has 0 radical (unpaired) electrons. The molecule has 0 spiro atoms. The van der Waals surface area contributed by atoms with Crippen molar-refractivity contribution in [3.63, 3.8) is 0 Å². The van der Waals surface area contributed by atoms with Gasteiger partial charge in [-0.2, -0.15) is 13.2 Å². The molecule has 3 rings (SSSR count). The molecule has 0 heterocycles. The summed E-state index contributed by atoms with van der Waals surface area (Å²) >= 11 is 5.88. The molecule has 0 atom stereocenters. The molecule has 0 saturated heterocycles. The van der Waals surface area contributed by atoms with E-state index < -0.39 is 17.7 Å². The largest absolute Gasteiger partial charge is 0.478 e. The van der Waals surface area contributed by atoms with Gasteiger partial charge in [-0.05, 0) is 54.6 Å². The third-order valence-corrected chi connectivity index (χ3v) is 4.07. The van der Waals surface area contributed by atoms with Gasteiger partial charge in [-0.3, -0.25) is 0 Å². The Morgan fingerprint density at radius 3 is 2.29 bits per heavy atom. The van der Waals surface area contributed by atoms with Crippen LogP contribution in [-0.4, -0.2) is 11.1 Å². The van der Waals surface area contributed by atoms with Crippen LogP contribution in [0.2, 0.25) is 5.02 Å². The Kier molecular flexibility index (Phi) is 5.46. The summed E-state index contributed by atoms with van der Waals surface area (Å²) in [6.45, 7) is 0. The molecule has 0 aromatic heterocycles. The predicted molar refractivity (Wildman–Crippen MR) is 99.7 cm³/mol. The van der Waals surface area contributed by atoms with Gasteiger partial charge in [-0.1, -0.05) is 23.7 Å². The molecule has 0 bridgehead atoms. The second-order valence-electron chi connectivity index (χ2n) is 5.75. The first kappa shape index (κ1) is 19.6. The number of halogens is 4. The molecule has 0 aliphatic carbocycles. The predicted octanol–water partition coefficient (Wildman–Crippen LogP) is 6.59. The molecule has 8 heteroatoms. The summed E-state index contributed by atoms with van der Waals surface area (Å²) in [5.41, 5.74) is 0.301. The fraction of sp³-hybridized carbons (Fsp3) is 0.0500. The van der Waals surface area contributed by atoms with E-state index in [4.69, 9.17) is 16.3 Å². The standard InChI is InChI=1S/C20H13ClF3NO3/c21-16-11-12(20(22,23)24)5-10-18(16)28-14-8-6-13(7-9-14)25-17-4-2-1-3-15(17)19(26)27/h1-11,25H,(H,26,27). The molecule has 0 aliphatic heterocycles. The highest BCUT2D eigenvalue weighted by Gasteiger charge is 2.31. The lowest BCUT2D eigenvalue weighted by Gasteiger charge is -2.12. The number of carboxylic acids is 1. The van der Waals surface area contributed by atoms with Gasteiger partial charge in [0.1, 0.15) is 11.5 Å². The topological polar surface area (TPSA) is 58.6 Å². The van der Waals surface area contributed by atoms with Crippen molar-refractivity contribution in [2.24, 2.45) is 0 Å². The fourth-order valence-corrected chi connectivity index (χ4v) is 2.65. The second kappa shape index (κ2) is 7.82. The van der Waals surface area contributed by atoms with Gasteiger partial charge in [0, 0.05) is 5.69 Å². The molecule has 3 aromatic rings. The Hall–Kier alpha value is -3.19. The lowest BCUT2D eigenvalue weighted by Crippen LogP contribution is -2.04. The average Bonchev–Trinajstić information content (AvgIpc) is 2.64. The number of carbonyl (C=O) groups is 1. The Bertz CT molecular complexity index is 1000.